The van der Waals surface area contributed by atoms with Crippen molar-refractivity contribution in [1.82, 2.24) is 10.2 Å². The van der Waals surface area contributed by atoms with E-state index in [0.29, 0.717) is 0 Å². The summed E-state index contributed by atoms with van der Waals surface area (Å²) in [5, 5.41) is 23.2. The number of rotatable bonds is 3. The molecule has 3 atom stereocenters. The number of urea groups is 1. The van der Waals surface area contributed by atoms with Crippen LogP contribution in [0.1, 0.15) is 24.3 Å². The van der Waals surface area contributed by atoms with Gasteiger partial charge in [0.1, 0.15) is 6.04 Å². The molecule has 0 aliphatic carbocycles. The summed E-state index contributed by atoms with van der Waals surface area (Å²) in [5.74, 6) is -1.09. The van der Waals surface area contributed by atoms with Crippen molar-refractivity contribution in [3.8, 4) is 0 Å². The zero-order valence-corrected chi connectivity index (χ0v) is 11.3. The van der Waals surface area contributed by atoms with E-state index in [1.54, 1.807) is 0 Å². The largest absolute Gasteiger partial charge is 0.480 e. The van der Waals surface area contributed by atoms with E-state index in [9.17, 15) is 14.7 Å². The Labute approximate surface area is 114 Å². The summed E-state index contributed by atoms with van der Waals surface area (Å²) in [4.78, 5) is 25.3. The summed E-state index contributed by atoms with van der Waals surface area (Å²) >= 11 is 1.52. The van der Waals surface area contributed by atoms with Gasteiger partial charge in [0.05, 0.1) is 12.1 Å². The first kappa shape index (κ1) is 13.8. The van der Waals surface area contributed by atoms with Crippen LogP contribution in [0.4, 0.5) is 4.79 Å². The minimum Gasteiger partial charge on any atom is -0.480 e. The molecule has 1 saturated heterocycles. The van der Waals surface area contributed by atoms with Crippen molar-refractivity contribution >= 4 is 23.3 Å². The van der Waals surface area contributed by atoms with E-state index in [2.05, 4.69) is 5.32 Å². The van der Waals surface area contributed by atoms with Crippen LogP contribution in [0.5, 0.6) is 0 Å². The van der Waals surface area contributed by atoms with E-state index in [1.165, 1.54) is 16.2 Å². The highest BCUT2D eigenvalue weighted by Crippen LogP contribution is 2.21. The smallest absolute Gasteiger partial charge is 0.326 e. The summed E-state index contributed by atoms with van der Waals surface area (Å²) in [6, 6.07) is 2.21. The third kappa shape index (κ3) is 3.05. The number of hydrogen-bond donors (Lipinski definition) is 3. The zero-order chi connectivity index (χ0) is 14.0. The van der Waals surface area contributed by atoms with Crippen molar-refractivity contribution in [2.75, 3.05) is 6.54 Å². The number of aliphatic hydroxyl groups is 1. The fourth-order valence-electron chi connectivity index (χ4n) is 2.15. The lowest BCUT2D eigenvalue weighted by molar-refractivity contribution is -0.141. The van der Waals surface area contributed by atoms with E-state index in [-0.39, 0.29) is 19.0 Å². The molecule has 6 nitrogen and oxygen atoms in total. The second-order valence-corrected chi connectivity index (χ2v) is 5.56. The fourth-order valence-corrected chi connectivity index (χ4v) is 2.88. The average Bonchev–Trinajstić information content (AvgIpc) is 2.96. The number of aliphatic carboxylic acids is 1. The molecule has 7 heteroatoms. The Morgan fingerprint density at radius 3 is 2.89 bits per heavy atom. The van der Waals surface area contributed by atoms with Gasteiger partial charge in [0.15, 0.2) is 0 Å². The molecule has 19 heavy (non-hydrogen) atoms. The number of nitrogens with one attached hydrogen (secondary N) is 1. The molecule has 2 rings (SSSR count). The minimum absolute atomic E-state index is 0.0555. The fraction of sp³-hybridized carbons (Fsp3) is 0.500. The third-order valence-electron chi connectivity index (χ3n) is 3.13. The van der Waals surface area contributed by atoms with Gasteiger partial charge < -0.3 is 20.4 Å². The van der Waals surface area contributed by atoms with Gasteiger partial charge in [0, 0.05) is 17.8 Å². The second-order valence-electron chi connectivity index (χ2n) is 4.58. The first-order chi connectivity index (χ1) is 8.99. The maximum absolute atomic E-state index is 12.1. The molecule has 0 radical (unpaired) electrons. The first-order valence-corrected chi connectivity index (χ1v) is 6.88. The number of thiophene rings is 1. The molecule has 1 aromatic rings. The number of carboxylic acids is 1. The van der Waals surface area contributed by atoms with Gasteiger partial charge in [-0.15, -0.1) is 11.3 Å². The number of carbonyl (C=O) groups is 2. The van der Waals surface area contributed by atoms with Gasteiger partial charge in [-0.3, -0.25) is 0 Å². The predicted molar refractivity (Wildman–Crippen MR) is 70.0 cm³/mol. The Bertz CT molecular complexity index is 462. The number of nitrogens with zero attached hydrogens (tertiary/aromatic N) is 1. The van der Waals surface area contributed by atoms with Crippen molar-refractivity contribution in [3.05, 3.63) is 22.4 Å². The van der Waals surface area contributed by atoms with Crippen molar-refractivity contribution in [2.24, 2.45) is 0 Å². The highest BCUT2D eigenvalue weighted by atomic mass is 32.1. The number of carboxylic acid groups (broad SMARTS) is 1. The molecular weight excluding hydrogens is 268 g/mol. The molecule has 0 saturated carbocycles. The van der Waals surface area contributed by atoms with Crippen LogP contribution in [0.3, 0.4) is 0 Å². The van der Waals surface area contributed by atoms with E-state index >= 15 is 0 Å². The van der Waals surface area contributed by atoms with Gasteiger partial charge in [0.25, 0.3) is 0 Å². The Kier molecular flexibility index (Phi) is 4.06. The molecule has 1 aliphatic heterocycles. The summed E-state index contributed by atoms with van der Waals surface area (Å²) in [5.41, 5.74) is 0. The molecule has 3 N–H and O–H groups in total. The monoisotopic (exact) mass is 284 g/mol. The lowest BCUT2D eigenvalue weighted by atomic mass is 10.2. The quantitative estimate of drug-likeness (QED) is 0.773. The van der Waals surface area contributed by atoms with E-state index < -0.39 is 24.1 Å². The molecule has 2 unspecified atom stereocenters. The first-order valence-electron chi connectivity index (χ1n) is 6.00. The summed E-state index contributed by atoms with van der Waals surface area (Å²) in [6.45, 7) is 1.89. The van der Waals surface area contributed by atoms with Crippen LogP contribution in [0.15, 0.2) is 17.5 Å². The summed E-state index contributed by atoms with van der Waals surface area (Å²) in [7, 11) is 0. The van der Waals surface area contributed by atoms with Crippen molar-refractivity contribution in [1.29, 1.82) is 0 Å². The van der Waals surface area contributed by atoms with Crippen LogP contribution in [0.2, 0.25) is 0 Å². The lowest BCUT2D eigenvalue weighted by Crippen LogP contribution is -2.46. The standard InChI is InChI=1S/C12H16N2O4S/c1-7(10-3-2-4-19-10)13-12(18)14-6-8(15)5-9(14)11(16)17/h2-4,7-9,15H,5-6H2,1H3,(H,13,18)(H,16,17)/t7?,8?,9-/m0/s1. The average molecular weight is 284 g/mol. The zero-order valence-electron chi connectivity index (χ0n) is 10.4. The van der Waals surface area contributed by atoms with Crippen LogP contribution in [0.25, 0.3) is 0 Å². The Balaban J connectivity index is 2.01. The number of β-amino-alcohol motifs (C(OH)–C–C–N with tert-alkyl or cyclic N) is 1. The highest BCUT2D eigenvalue weighted by molar-refractivity contribution is 7.10. The van der Waals surface area contributed by atoms with Crippen LogP contribution in [-0.2, 0) is 4.79 Å². The van der Waals surface area contributed by atoms with Gasteiger partial charge in [-0.1, -0.05) is 6.07 Å². The number of aliphatic hydroxyl groups excluding tert-OH is 1. The number of likely N-dealkylation sites (tertiary alicyclic amines) is 1. The van der Waals surface area contributed by atoms with Gasteiger partial charge in [0.2, 0.25) is 0 Å². The topological polar surface area (TPSA) is 89.9 Å². The molecule has 0 spiro atoms. The van der Waals surface area contributed by atoms with Crippen LogP contribution >= 0.6 is 11.3 Å². The number of hydrogen-bond acceptors (Lipinski definition) is 4. The molecule has 104 valence electrons. The van der Waals surface area contributed by atoms with Crippen LogP contribution in [-0.4, -0.2) is 45.8 Å². The molecule has 1 fully saturated rings. The lowest BCUT2D eigenvalue weighted by Gasteiger charge is -2.23. The molecule has 0 bridgehead atoms. The molecule has 2 heterocycles. The Morgan fingerprint density at radius 2 is 2.32 bits per heavy atom. The number of carbonyl (C=O) groups excluding carboxylic acids is 1. The third-order valence-corrected chi connectivity index (χ3v) is 4.19. The SMILES string of the molecule is CC(NC(=O)N1CC(O)C[C@H]1C(=O)O)c1cccs1. The van der Waals surface area contributed by atoms with Gasteiger partial charge >= 0.3 is 12.0 Å². The van der Waals surface area contributed by atoms with Gasteiger partial charge in [-0.2, -0.15) is 0 Å². The van der Waals surface area contributed by atoms with Crippen molar-refractivity contribution < 1.29 is 19.8 Å². The van der Waals surface area contributed by atoms with Crippen LogP contribution < -0.4 is 5.32 Å². The Hall–Kier alpha value is -1.60. The second kappa shape index (κ2) is 5.58. The minimum atomic E-state index is -1.09. The van der Waals surface area contributed by atoms with E-state index in [1.807, 2.05) is 24.4 Å². The summed E-state index contributed by atoms with van der Waals surface area (Å²) in [6.07, 6.45) is -0.695. The predicted octanol–water partition coefficient (Wildman–Crippen LogP) is 1.04. The van der Waals surface area contributed by atoms with Crippen molar-refractivity contribution in [2.45, 2.75) is 31.5 Å². The normalized spacial score (nSPS) is 24.2. The maximum Gasteiger partial charge on any atom is 0.326 e. The number of amides is 2. The van der Waals surface area contributed by atoms with E-state index in [0.717, 1.165) is 4.88 Å². The Morgan fingerprint density at radius 1 is 1.58 bits per heavy atom. The summed E-state index contributed by atoms with van der Waals surface area (Å²) < 4.78 is 0. The van der Waals surface area contributed by atoms with Crippen LogP contribution in [0, 0.1) is 0 Å². The molecule has 1 aromatic heterocycles. The molecular formula is C12H16N2O4S. The molecule has 1 aliphatic rings. The van der Waals surface area contributed by atoms with Gasteiger partial charge in [-0.05, 0) is 18.4 Å². The van der Waals surface area contributed by atoms with Crippen molar-refractivity contribution in [3.63, 3.8) is 0 Å². The molecule has 2 amide bonds. The highest BCUT2D eigenvalue weighted by Gasteiger charge is 2.39. The van der Waals surface area contributed by atoms with E-state index in [4.69, 9.17) is 5.11 Å². The van der Waals surface area contributed by atoms with Gasteiger partial charge in [-0.25, -0.2) is 9.59 Å². The molecule has 0 aromatic carbocycles. The maximum atomic E-state index is 12.1.